The molecule has 24 heavy (non-hydrogen) atoms. The van der Waals surface area contributed by atoms with Crippen LogP contribution in [0.15, 0.2) is 9.90 Å². The van der Waals surface area contributed by atoms with Crippen LogP contribution in [0.25, 0.3) is 0 Å². The van der Waals surface area contributed by atoms with Gasteiger partial charge in [0.05, 0.1) is 18.8 Å². The van der Waals surface area contributed by atoms with E-state index in [1.807, 2.05) is 0 Å². The Balaban J connectivity index is 1.40. The molecule has 0 aromatic carbocycles. The zero-order valence-electron chi connectivity index (χ0n) is 14.5. The standard InChI is InChI=1S/C17H24N4O2S/c1-17(2,3)13-10-24-16(18-13)12-8-21(6-7-22-12)9-14-19-15(23-20-14)11-4-5-11/h10-12H,4-9H2,1-3H3/t12-/m0/s1. The normalized spacial score (nSPS) is 22.9. The van der Waals surface area contributed by atoms with Crippen molar-refractivity contribution in [2.45, 2.75) is 57.6 Å². The lowest BCUT2D eigenvalue weighted by molar-refractivity contribution is -0.0340. The topological polar surface area (TPSA) is 64.3 Å². The first-order valence-electron chi connectivity index (χ1n) is 8.61. The Hall–Kier alpha value is -1.31. The summed E-state index contributed by atoms with van der Waals surface area (Å²) in [4.78, 5) is 11.7. The van der Waals surface area contributed by atoms with Crippen LogP contribution in [0.4, 0.5) is 0 Å². The minimum atomic E-state index is 0.0367. The molecule has 2 aromatic rings. The van der Waals surface area contributed by atoms with Crippen molar-refractivity contribution in [3.63, 3.8) is 0 Å². The lowest BCUT2D eigenvalue weighted by Gasteiger charge is -2.31. The zero-order chi connectivity index (χ0) is 16.7. The van der Waals surface area contributed by atoms with Crippen molar-refractivity contribution < 1.29 is 9.26 Å². The molecule has 0 bridgehead atoms. The van der Waals surface area contributed by atoms with Crippen LogP contribution in [-0.4, -0.2) is 39.7 Å². The fourth-order valence-electron chi connectivity index (χ4n) is 2.80. The summed E-state index contributed by atoms with van der Waals surface area (Å²) in [5.74, 6) is 2.10. The van der Waals surface area contributed by atoms with Gasteiger partial charge in [-0.3, -0.25) is 4.90 Å². The molecule has 0 spiro atoms. The Morgan fingerprint density at radius 2 is 2.12 bits per heavy atom. The second kappa shape index (κ2) is 6.20. The Bertz CT molecular complexity index is 702. The smallest absolute Gasteiger partial charge is 0.229 e. The van der Waals surface area contributed by atoms with Gasteiger partial charge in [0, 0.05) is 29.8 Å². The molecule has 3 heterocycles. The van der Waals surface area contributed by atoms with E-state index >= 15 is 0 Å². The number of rotatable bonds is 4. The first-order chi connectivity index (χ1) is 11.5. The van der Waals surface area contributed by atoms with E-state index in [1.165, 1.54) is 12.8 Å². The van der Waals surface area contributed by atoms with Gasteiger partial charge in [0.2, 0.25) is 5.89 Å². The van der Waals surface area contributed by atoms with E-state index in [1.54, 1.807) is 11.3 Å². The van der Waals surface area contributed by atoms with E-state index in [-0.39, 0.29) is 11.5 Å². The second-order valence-corrected chi connectivity index (χ2v) is 8.63. The van der Waals surface area contributed by atoms with Crippen LogP contribution in [0.2, 0.25) is 0 Å². The van der Waals surface area contributed by atoms with E-state index in [0.29, 0.717) is 19.1 Å². The van der Waals surface area contributed by atoms with Crippen LogP contribution in [0.5, 0.6) is 0 Å². The van der Waals surface area contributed by atoms with Crippen molar-refractivity contribution in [3.8, 4) is 0 Å². The molecular formula is C17H24N4O2S. The lowest BCUT2D eigenvalue weighted by atomic mass is 9.93. The van der Waals surface area contributed by atoms with Crippen LogP contribution < -0.4 is 0 Å². The fourth-order valence-corrected chi connectivity index (χ4v) is 3.89. The first kappa shape index (κ1) is 16.2. The van der Waals surface area contributed by atoms with Gasteiger partial charge in [0.1, 0.15) is 11.1 Å². The lowest BCUT2D eigenvalue weighted by Crippen LogP contribution is -2.38. The number of nitrogens with zero attached hydrogens (tertiary/aromatic N) is 4. The molecule has 6 nitrogen and oxygen atoms in total. The third-order valence-corrected chi connectivity index (χ3v) is 5.43. The third kappa shape index (κ3) is 3.53. The summed E-state index contributed by atoms with van der Waals surface area (Å²) in [6.07, 6.45) is 2.40. The van der Waals surface area contributed by atoms with E-state index in [9.17, 15) is 0 Å². The highest BCUT2D eigenvalue weighted by atomic mass is 32.1. The molecule has 0 N–H and O–H groups in total. The van der Waals surface area contributed by atoms with Crippen molar-refractivity contribution in [1.29, 1.82) is 0 Å². The molecule has 2 fully saturated rings. The summed E-state index contributed by atoms with van der Waals surface area (Å²) in [6, 6.07) is 0. The van der Waals surface area contributed by atoms with Crippen LogP contribution in [-0.2, 0) is 16.7 Å². The van der Waals surface area contributed by atoms with Gasteiger partial charge in [-0.1, -0.05) is 25.9 Å². The van der Waals surface area contributed by atoms with Gasteiger partial charge in [-0.25, -0.2) is 4.98 Å². The Morgan fingerprint density at radius 3 is 2.83 bits per heavy atom. The Morgan fingerprint density at radius 1 is 1.29 bits per heavy atom. The summed E-state index contributed by atoms with van der Waals surface area (Å²) in [6.45, 7) is 9.70. The van der Waals surface area contributed by atoms with Crippen molar-refractivity contribution in [2.24, 2.45) is 0 Å². The van der Waals surface area contributed by atoms with E-state index in [4.69, 9.17) is 14.2 Å². The summed E-state index contributed by atoms with van der Waals surface area (Å²) in [5, 5.41) is 7.34. The van der Waals surface area contributed by atoms with Gasteiger partial charge < -0.3 is 9.26 Å². The maximum Gasteiger partial charge on any atom is 0.229 e. The first-order valence-corrected chi connectivity index (χ1v) is 9.49. The number of aromatic nitrogens is 3. The predicted molar refractivity (Wildman–Crippen MR) is 91.1 cm³/mol. The van der Waals surface area contributed by atoms with Crippen LogP contribution in [0.1, 0.15) is 68.1 Å². The molecule has 1 saturated heterocycles. The van der Waals surface area contributed by atoms with Gasteiger partial charge in [-0.05, 0) is 12.8 Å². The number of ether oxygens (including phenoxy) is 1. The largest absolute Gasteiger partial charge is 0.368 e. The molecule has 7 heteroatoms. The van der Waals surface area contributed by atoms with Gasteiger partial charge in [0.25, 0.3) is 0 Å². The summed E-state index contributed by atoms with van der Waals surface area (Å²) >= 11 is 1.70. The van der Waals surface area contributed by atoms with Crippen molar-refractivity contribution in [1.82, 2.24) is 20.0 Å². The molecule has 1 atom stereocenters. The molecule has 1 aliphatic heterocycles. The number of morpholine rings is 1. The summed E-state index contributed by atoms with van der Waals surface area (Å²) in [7, 11) is 0. The van der Waals surface area contributed by atoms with Crippen LogP contribution in [0.3, 0.4) is 0 Å². The molecule has 0 amide bonds. The minimum absolute atomic E-state index is 0.0367. The molecule has 0 unspecified atom stereocenters. The second-order valence-electron chi connectivity index (χ2n) is 7.74. The third-order valence-electron chi connectivity index (χ3n) is 4.49. The number of hydrogen-bond acceptors (Lipinski definition) is 7. The maximum absolute atomic E-state index is 5.95. The Kier molecular flexibility index (Phi) is 4.18. The molecule has 1 aliphatic carbocycles. The monoisotopic (exact) mass is 348 g/mol. The molecule has 0 radical (unpaired) electrons. The Labute approximate surface area is 146 Å². The number of hydrogen-bond donors (Lipinski definition) is 0. The minimum Gasteiger partial charge on any atom is -0.368 e. The van der Waals surface area contributed by atoms with E-state index < -0.39 is 0 Å². The zero-order valence-corrected chi connectivity index (χ0v) is 15.3. The van der Waals surface area contributed by atoms with Gasteiger partial charge >= 0.3 is 0 Å². The highest BCUT2D eigenvalue weighted by molar-refractivity contribution is 7.09. The highest BCUT2D eigenvalue weighted by Crippen LogP contribution is 2.39. The van der Waals surface area contributed by atoms with Crippen LogP contribution in [0, 0.1) is 0 Å². The average Bonchev–Trinajstić information content (AvgIpc) is 3.08. The van der Waals surface area contributed by atoms with Gasteiger partial charge in [-0.2, -0.15) is 4.98 Å². The SMILES string of the molecule is CC(C)(C)c1csc([C@@H]2CN(Cc3noc(C4CC4)n3)CCO2)n1. The molecular weight excluding hydrogens is 324 g/mol. The summed E-state index contributed by atoms with van der Waals surface area (Å²) in [5.41, 5.74) is 1.21. The predicted octanol–water partition coefficient (Wildman–Crippen LogP) is 3.27. The average molecular weight is 348 g/mol. The molecule has 2 aliphatic rings. The van der Waals surface area contributed by atoms with E-state index in [0.717, 1.165) is 35.5 Å². The fraction of sp³-hybridized carbons (Fsp3) is 0.706. The van der Waals surface area contributed by atoms with E-state index in [2.05, 4.69) is 41.2 Å². The molecule has 4 rings (SSSR count). The molecule has 1 saturated carbocycles. The maximum atomic E-state index is 5.95. The quantitative estimate of drug-likeness (QED) is 0.845. The number of thiazole rings is 1. The van der Waals surface area contributed by atoms with Crippen molar-refractivity contribution >= 4 is 11.3 Å². The molecule has 130 valence electrons. The van der Waals surface area contributed by atoms with Gasteiger partial charge in [-0.15, -0.1) is 11.3 Å². The van der Waals surface area contributed by atoms with Crippen molar-refractivity contribution in [2.75, 3.05) is 19.7 Å². The highest BCUT2D eigenvalue weighted by Gasteiger charge is 2.31. The summed E-state index contributed by atoms with van der Waals surface area (Å²) < 4.78 is 11.3. The van der Waals surface area contributed by atoms with Gasteiger partial charge in [0.15, 0.2) is 5.82 Å². The van der Waals surface area contributed by atoms with Crippen LogP contribution >= 0.6 is 11.3 Å². The molecule has 2 aromatic heterocycles. The van der Waals surface area contributed by atoms with Crippen molar-refractivity contribution in [3.05, 3.63) is 27.8 Å².